The summed E-state index contributed by atoms with van der Waals surface area (Å²) in [7, 11) is 0. The molecule has 2 fully saturated rings. The molecular formula is C26H28N2O5. The van der Waals surface area contributed by atoms with Crippen LogP contribution in [-0.2, 0) is 14.3 Å². The number of benzene rings is 2. The molecule has 0 bridgehead atoms. The molecule has 3 aliphatic rings. The summed E-state index contributed by atoms with van der Waals surface area (Å²) >= 11 is 0. The highest BCUT2D eigenvalue weighted by atomic mass is 16.5. The van der Waals surface area contributed by atoms with Crippen LogP contribution in [-0.4, -0.2) is 41.3 Å². The van der Waals surface area contributed by atoms with E-state index in [4.69, 9.17) is 4.74 Å². The Balaban J connectivity index is 1.19. The molecular weight excluding hydrogens is 420 g/mol. The third kappa shape index (κ3) is 4.19. The highest BCUT2D eigenvalue weighted by molar-refractivity contribution is 5.93. The Hall–Kier alpha value is -3.35. The number of carbonyl (C=O) groups excluding carboxylic acids is 2. The first-order valence-corrected chi connectivity index (χ1v) is 11.6. The van der Waals surface area contributed by atoms with Crippen molar-refractivity contribution in [2.24, 2.45) is 5.92 Å². The fraction of sp³-hybridized carbons (Fsp3) is 0.423. The third-order valence-electron chi connectivity index (χ3n) is 7.23. The highest BCUT2D eigenvalue weighted by Gasteiger charge is 2.52. The second-order valence-electron chi connectivity index (χ2n) is 9.40. The molecule has 0 aliphatic heterocycles. The minimum Gasteiger partial charge on any atom is -0.481 e. The molecule has 172 valence electrons. The topological polar surface area (TPSA) is 105 Å². The van der Waals surface area contributed by atoms with Gasteiger partial charge in [0.2, 0.25) is 5.91 Å². The molecule has 7 heteroatoms. The molecule has 2 amide bonds. The Bertz CT molecular complexity index is 1050. The SMILES string of the molecule is O=C(NC1(C(=O)N[C@@H]2CCC[C@H](C(=O)O)C2)CC1)OCC1c2ccccc2-c2ccccc21. The fourth-order valence-corrected chi connectivity index (χ4v) is 5.23. The second-order valence-corrected chi connectivity index (χ2v) is 9.40. The van der Waals surface area contributed by atoms with E-state index >= 15 is 0 Å². The van der Waals surface area contributed by atoms with Crippen molar-refractivity contribution in [1.82, 2.24) is 10.6 Å². The lowest BCUT2D eigenvalue weighted by atomic mass is 9.85. The molecule has 0 radical (unpaired) electrons. The maximum Gasteiger partial charge on any atom is 0.408 e. The Morgan fingerprint density at radius 3 is 2.21 bits per heavy atom. The number of nitrogens with one attached hydrogen (secondary N) is 2. The van der Waals surface area contributed by atoms with Crippen molar-refractivity contribution < 1.29 is 24.2 Å². The number of carboxylic acids is 1. The largest absolute Gasteiger partial charge is 0.481 e. The van der Waals surface area contributed by atoms with Gasteiger partial charge in [-0.2, -0.15) is 0 Å². The zero-order valence-corrected chi connectivity index (χ0v) is 18.4. The zero-order chi connectivity index (χ0) is 23.0. The van der Waals surface area contributed by atoms with Gasteiger partial charge in [0.15, 0.2) is 0 Å². The molecule has 0 unspecified atom stereocenters. The van der Waals surface area contributed by atoms with Gasteiger partial charge in [-0.25, -0.2) is 4.79 Å². The van der Waals surface area contributed by atoms with Gasteiger partial charge in [0.25, 0.3) is 0 Å². The molecule has 5 rings (SSSR count). The van der Waals surface area contributed by atoms with Crippen LogP contribution in [0.5, 0.6) is 0 Å². The fourth-order valence-electron chi connectivity index (χ4n) is 5.23. The van der Waals surface area contributed by atoms with Crippen LogP contribution in [0.1, 0.15) is 55.6 Å². The van der Waals surface area contributed by atoms with Gasteiger partial charge < -0.3 is 20.5 Å². The lowest BCUT2D eigenvalue weighted by Crippen LogP contribution is -2.52. The number of amides is 2. The van der Waals surface area contributed by atoms with Gasteiger partial charge in [-0.3, -0.25) is 9.59 Å². The average Bonchev–Trinajstić information content (AvgIpc) is 3.53. The molecule has 3 aliphatic carbocycles. The van der Waals surface area contributed by atoms with Gasteiger partial charge in [-0.1, -0.05) is 55.0 Å². The van der Waals surface area contributed by atoms with E-state index in [9.17, 15) is 19.5 Å². The number of aliphatic carboxylic acids is 1. The Labute approximate surface area is 192 Å². The van der Waals surface area contributed by atoms with E-state index in [-0.39, 0.29) is 24.5 Å². The van der Waals surface area contributed by atoms with Crippen LogP contribution in [0.4, 0.5) is 4.79 Å². The van der Waals surface area contributed by atoms with Crippen LogP contribution in [0.25, 0.3) is 11.1 Å². The maximum atomic E-state index is 12.9. The number of rotatable bonds is 6. The van der Waals surface area contributed by atoms with Crippen LogP contribution < -0.4 is 10.6 Å². The van der Waals surface area contributed by atoms with Crippen molar-refractivity contribution in [3.8, 4) is 11.1 Å². The summed E-state index contributed by atoms with van der Waals surface area (Å²) < 4.78 is 5.60. The van der Waals surface area contributed by atoms with E-state index in [0.29, 0.717) is 25.7 Å². The molecule has 2 saturated carbocycles. The standard InChI is InChI=1S/C26H28N2O5/c29-23(30)16-6-5-7-17(14-16)27-24(31)26(12-13-26)28-25(32)33-15-22-20-10-3-1-8-18(20)19-9-2-4-11-21(19)22/h1-4,8-11,16-17,22H,5-7,12-15H2,(H,27,31)(H,28,32)(H,29,30)/t16-,17+/m0/s1. The Morgan fingerprint density at radius 2 is 1.61 bits per heavy atom. The van der Waals surface area contributed by atoms with E-state index in [2.05, 4.69) is 34.9 Å². The maximum absolute atomic E-state index is 12.9. The highest BCUT2D eigenvalue weighted by Crippen LogP contribution is 2.44. The molecule has 7 nitrogen and oxygen atoms in total. The van der Waals surface area contributed by atoms with Gasteiger partial charge in [0, 0.05) is 12.0 Å². The number of hydrogen-bond donors (Lipinski definition) is 3. The van der Waals surface area contributed by atoms with Crippen LogP contribution in [0.15, 0.2) is 48.5 Å². The van der Waals surface area contributed by atoms with Crippen LogP contribution in [0.2, 0.25) is 0 Å². The van der Waals surface area contributed by atoms with E-state index in [1.165, 1.54) is 0 Å². The predicted octanol–water partition coefficient (Wildman–Crippen LogP) is 3.82. The van der Waals surface area contributed by atoms with Crippen molar-refractivity contribution in [3.05, 3.63) is 59.7 Å². The van der Waals surface area contributed by atoms with E-state index in [1.54, 1.807) is 0 Å². The van der Waals surface area contributed by atoms with Crippen molar-refractivity contribution in [3.63, 3.8) is 0 Å². The minimum absolute atomic E-state index is 0.0395. The van der Waals surface area contributed by atoms with Crippen molar-refractivity contribution in [2.45, 2.75) is 56.0 Å². The summed E-state index contributed by atoms with van der Waals surface area (Å²) in [5.41, 5.74) is 3.64. The van der Waals surface area contributed by atoms with E-state index in [0.717, 1.165) is 35.1 Å². The van der Waals surface area contributed by atoms with Crippen molar-refractivity contribution in [2.75, 3.05) is 6.61 Å². The summed E-state index contributed by atoms with van der Waals surface area (Å²) in [4.78, 5) is 36.8. The number of alkyl carbamates (subject to hydrolysis) is 1. The van der Waals surface area contributed by atoms with Gasteiger partial charge >= 0.3 is 12.1 Å². The second kappa shape index (κ2) is 8.54. The first kappa shape index (κ1) is 21.5. The smallest absolute Gasteiger partial charge is 0.408 e. The van der Waals surface area contributed by atoms with Crippen LogP contribution in [0.3, 0.4) is 0 Å². The first-order valence-electron chi connectivity index (χ1n) is 11.6. The van der Waals surface area contributed by atoms with Gasteiger partial charge in [-0.05, 0) is 54.4 Å². The van der Waals surface area contributed by atoms with Gasteiger partial charge in [-0.15, -0.1) is 0 Å². The number of ether oxygens (including phenoxy) is 1. The summed E-state index contributed by atoms with van der Waals surface area (Å²) in [6.07, 6.45) is 3.12. The molecule has 33 heavy (non-hydrogen) atoms. The number of fused-ring (bicyclic) bond motifs is 3. The lowest BCUT2D eigenvalue weighted by Gasteiger charge is -2.29. The van der Waals surface area contributed by atoms with E-state index in [1.807, 2.05) is 24.3 Å². The molecule has 2 aromatic carbocycles. The predicted molar refractivity (Wildman–Crippen MR) is 122 cm³/mol. The van der Waals surface area contributed by atoms with Gasteiger partial charge in [0.1, 0.15) is 12.1 Å². The molecule has 0 saturated heterocycles. The van der Waals surface area contributed by atoms with E-state index < -0.39 is 23.5 Å². The molecule has 0 aromatic heterocycles. The lowest BCUT2D eigenvalue weighted by molar-refractivity contribution is -0.143. The van der Waals surface area contributed by atoms with Gasteiger partial charge in [0.05, 0.1) is 5.92 Å². The van der Waals surface area contributed by atoms with Crippen molar-refractivity contribution in [1.29, 1.82) is 0 Å². The Morgan fingerprint density at radius 1 is 0.970 bits per heavy atom. The molecule has 0 heterocycles. The monoisotopic (exact) mass is 448 g/mol. The molecule has 3 N–H and O–H groups in total. The normalized spacial score (nSPS) is 22.5. The number of hydrogen-bond acceptors (Lipinski definition) is 4. The first-order chi connectivity index (χ1) is 16.0. The summed E-state index contributed by atoms with van der Waals surface area (Å²) in [5.74, 6) is -1.52. The quantitative estimate of drug-likeness (QED) is 0.623. The third-order valence-corrected chi connectivity index (χ3v) is 7.23. The van der Waals surface area contributed by atoms with Crippen molar-refractivity contribution >= 4 is 18.0 Å². The zero-order valence-electron chi connectivity index (χ0n) is 18.4. The molecule has 2 atom stereocenters. The Kier molecular flexibility index (Phi) is 5.56. The van der Waals surface area contributed by atoms with Crippen LogP contribution >= 0.6 is 0 Å². The number of carbonyl (C=O) groups is 3. The summed E-state index contributed by atoms with van der Waals surface area (Å²) in [6.45, 7) is 0.195. The average molecular weight is 449 g/mol. The summed E-state index contributed by atoms with van der Waals surface area (Å²) in [5, 5.41) is 15.0. The number of carboxylic acid groups (broad SMARTS) is 1. The molecule has 2 aromatic rings. The van der Waals surface area contributed by atoms with Crippen LogP contribution in [0, 0.1) is 5.92 Å². The molecule has 0 spiro atoms. The minimum atomic E-state index is -0.946. The summed E-state index contributed by atoms with van der Waals surface area (Å²) in [6, 6.07) is 16.1.